The van der Waals surface area contributed by atoms with Gasteiger partial charge in [0.1, 0.15) is 5.82 Å². The summed E-state index contributed by atoms with van der Waals surface area (Å²) in [7, 11) is 0. The van der Waals surface area contributed by atoms with Gasteiger partial charge in [-0.2, -0.15) is 4.98 Å². The molecular formula is C14H18N4O2. The average Bonchev–Trinajstić information content (AvgIpc) is 3.25. The predicted molar refractivity (Wildman–Crippen MR) is 73.3 cm³/mol. The second-order valence-electron chi connectivity index (χ2n) is 6.02. The first-order chi connectivity index (χ1) is 9.71. The smallest absolute Gasteiger partial charge is 0.239 e. The zero-order valence-electron chi connectivity index (χ0n) is 11.3. The van der Waals surface area contributed by atoms with Gasteiger partial charge in [0.25, 0.3) is 0 Å². The van der Waals surface area contributed by atoms with Crippen molar-refractivity contribution in [2.24, 2.45) is 5.92 Å². The Morgan fingerprint density at radius 2 is 2.15 bits per heavy atom. The molecule has 4 rings (SSSR count). The third kappa shape index (κ3) is 1.64. The molecule has 0 radical (unpaired) electrons. The lowest BCUT2D eigenvalue weighted by Crippen LogP contribution is -2.44. The average molecular weight is 274 g/mol. The molecule has 6 nitrogen and oxygen atoms in total. The lowest BCUT2D eigenvalue weighted by molar-refractivity contribution is -0.126. The van der Waals surface area contributed by atoms with Crippen LogP contribution in [-0.2, 0) is 14.9 Å². The number of aromatic nitrogens is 2. The number of nitrogen functional groups attached to an aromatic ring is 1. The third-order valence-corrected chi connectivity index (χ3v) is 4.70. The second kappa shape index (κ2) is 4.15. The van der Waals surface area contributed by atoms with Gasteiger partial charge in [-0.3, -0.25) is 9.69 Å². The third-order valence-electron chi connectivity index (χ3n) is 4.70. The van der Waals surface area contributed by atoms with E-state index in [4.69, 9.17) is 10.5 Å². The number of fused-ring (bicyclic) bond motifs is 2. The molecule has 20 heavy (non-hydrogen) atoms. The molecule has 6 heteroatoms. The van der Waals surface area contributed by atoms with Crippen molar-refractivity contribution in [3.05, 3.63) is 11.8 Å². The fraction of sp³-hybridized carbons (Fsp3) is 0.643. The predicted octanol–water partition coefficient (Wildman–Crippen LogP) is 0.864. The Morgan fingerprint density at radius 1 is 1.40 bits per heavy atom. The van der Waals surface area contributed by atoms with Crippen molar-refractivity contribution in [2.75, 3.05) is 30.4 Å². The van der Waals surface area contributed by atoms with E-state index in [2.05, 4.69) is 9.97 Å². The Kier molecular flexibility index (Phi) is 2.51. The van der Waals surface area contributed by atoms with Gasteiger partial charge in [0.05, 0.1) is 5.41 Å². The van der Waals surface area contributed by atoms with Gasteiger partial charge in [0.15, 0.2) is 0 Å². The monoisotopic (exact) mass is 274 g/mol. The molecule has 1 saturated carbocycles. The molecule has 1 amide bonds. The maximum Gasteiger partial charge on any atom is 0.239 e. The van der Waals surface area contributed by atoms with Crippen LogP contribution in [0.4, 0.5) is 11.8 Å². The van der Waals surface area contributed by atoms with E-state index in [1.165, 1.54) is 12.8 Å². The summed E-state index contributed by atoms with van der Waals surface area (Å²) in [4.78, 5) is 23.3. The van der Waals surface area contributed by atoms with Gasteiger partial charge in [-0.1, -0.05) is 0 Å². The summed E-state index contributed by atoms with van der Waals surface area (Å²) in [5, 5.41) is 0. The Morgan fingerprint density at radius 3 is 2.85 bits per heavy atom. The van der Waals surface area contributed by atoms with Gasteiger partial charge in [0, 0.05) is 31.5 Å². The van der Waals surface area contributed by atoms with Crippen LogP contribution in [0.15, 0.2) is 6.20 Å². The zero-order valence-corrected chi connectivity index (χ0v) is 11.3. The van der Waals surface area contributed by atoms with Crippen molar-refractivity contribution in [2.45, 2.75) is 31.1 Å². The molecule has 3 heterocycles. The molecule has 1 saturated heterocycles. The highest BCUT2D eigenvalue weighted by Crippen LogP contribution is 2.47. The number of anilines is 2. The van der Waals surface area contributed by atoms with Gasteiger partial charge in [-0.15, -0.1) is 0 Å². The van der Waals surface area contributed by atoms with Crippen LogP contribution in [0.25, 0.3) is 0 Å². The van der Waals surface area contributed by atoms with E-state index in [0.29, 0.717) is 32.0 Å². The summed E-state index contributed by atoms with van der Waals surface area (Å²) in [6.45, 7) is 2.00. The minimum atomic E-state index is -0.476. The number of ether oxygens (including phenoxy) is 1. The van der Waals surface area contributed by atoms with Crippen LogP contribution in [0.5, 0.6) is 0 Å². The summed E-state index contributed by atoms with van der Waals surface area (Å²) in [5.74, 6) is 1.76. The zero-order chi connectivity index (χ0) is 13.7. The molecule has 2 fully saturated rings. The molecular weight excluding hydrogens is 256 g/mol. The van der Waals surface area contributed by atoms with E-state index in [1.807, 2.05) is 4.90 Å². The Labute approximate surface area is 117 Å². The number of hydrogen-bond donors (Lipinski definition) is 1. The number of nitrogens with zero attached hydrogens (tertiary/aromatic N) is 3. The Balaban J connectivity index is 1.80. The first-order valence-electron chi connectivity index (χ1n) is 7.23. The molecule has 1 aliphatic carbocycles. The number of carbonyl (C=O) groups is 1. The Bertz CT molecular complexity index is 564. The first kappa shape index (κ1) is 12.1. The van der Waals surface area contributed by atoms with Gasteiger partial charge >= 0.3 is 0 Å². The second-order valence-corrected chi connectivity index (χ2v) is 6.02. The summed E-state index contributed by atoms with van der Waals surface area (Å²) >= 11 is 0. The van der Waals surface area contributed by atoms with Crippen LogP contribution in [-0.4, -0.2) is 35.6 Å². The molecule has 0 aromatic carbocycles. The van der Waals surface area contributed by atoms with Crippen LogP contribution in [0.2, 0.25) is 0 Å². The summed E-state index contributed by atoms with van der Waals surface area (Å²) < 4.78 is 5.44. The van der Waals surface area contributed by atoms with Gasteiger partial charge < -0.3 is 10.5 Å². The van der Waals surface area contributed by atoms with E-state index in [-0.39, 0.29) is 11.9 Å². The normalized spacial score (nSPS) is 24.2. The molecule has 1 aromatic heterocycles. The minimum Gasteiger partial charge on any atom is -0.381 e. The molecule has 0 unspecified atom stereocenters. The number of amides is 1. The molecule has 1 aromatic rings. The van der Waals surface area contributed by atoms with Crippen LogP contribution in [0.1, 0.15) is 31.2 Å². The number of hydrogen-bond acceptors (Lipinski definition) is 5. The maximum atomic E-state index is 13.0. The van der Waals surface area contributed by atoms with E-state index in [9.17, 15) is 4.79 Å². The van der Waals surface area contributed by atoms with Gasteiger partial charge in [0.2, 0.25) is 11.9 Å². The number of rotatable bonds is 2. The van der Waals surface area contributed by atoms with Crippen LogP contribution in [0, 0.1) is 5.92 Å². The molecule has 2 N–H and O–H groups in total. The lowest BCUT2D eigenvalue weighted by Gasteiger charge is -2.32. The van der Waals surface area contributed by atoms with E-state index >= 15 is 0 Å². The quantitative estimate of drug-likeness (QED) is 0.865. The molecule has 0 bridgehead atoms. The summed E-state index contributed by atoms with van der Waals surface area (Å²) in [5.41, 5.74) is 6.19. The van der Waals surface area contributed by atoms with Crippen LogP contribution >= 0.6 is 0 Å². The van der Waals surface area contributed by atoms with Crippen molar-refractivity contribution >= 4 is 17.7 Å². The molecule has 0 atom stereocenters. The van der Waals surface area contributed by atoms with Gasteiger partial charge in [-0.25, -0.2) is 4.98 Å². The first-order valence-corrected chi connectivity index (χ1v) is 7.23. The van der Waals surface area contributed by atoms with Crippen LogP contribution in [0.3, 0.4) is 0 Å². The highest BCUT2D eigenvalue weighted by atomic mass is 16.5. The SMILES string of the molecule is Nc1ncc2c(n1)N(CC1CC1)C(=O)C21CCOCC1. The molecule has 106 valence electrons. The summed E-state index contributed by atoms with van der Waals surface area (Å²) in [6, 6.07) is 0. The topological polar surface area (TPSA) is 81.3 Å². The van der Waals surface area contributed by atoms with Crippen molar-refractivity contribution in [1.82, 2.24) is 9.97 Å². The fourth-order valence-electron chi connectivity index (χ4n) is 3.33. The minimum absolute atomic E-state index is 0.169. The van der Waals surface area contributed by atoms with Gasteiger partial charge in [-0.05, 0) is 31.6 Å². The number of nitrogens with two attached hydrogens (primary N) is 1. The van der Waals surface area contributed by atoms with Crippen molar-refractivity contribution < 1.29 is 9.53 Å². The van der Waals surface area contributed by atoms with Crippen molar-refractivity contribution in [3.8, 4) is 0 Å². The fourth-order valence-corrected chi connectivity index (χ4v) is 3.33. The van der Waals surface area contributed by atoms with E-state index in [0.717, 1.165) is 17.9 Å². The highest BCUT2D eigenvalue weighted by molar-refractivity contribution is 6.07. The molecule has 1 spiro atoms. The maximum absolute atomic E-state index is 13.0. The largest absolute Gasteiger partial charge is 0.381 e. The number of carbonyl (C=O) groups excluding carboxylic acids is 1. The van der Waals surface area contributed by atoms with Crippen molar-refractivity contribution in [1.29, 1.82) is 0 Å². The van der Waals surface area contributed by atoms with E-state index < -0.39 is 5.41 Å². The van der Waals surface area contributed by atoms with Crippen molar-refractivity contribution in [3.63, 3.8) is 0 Å². The highest BCUT2D eigenvalue weighted by Gasteiger charge is 2.53. The standard InChI is InChI=1S/C14H18N4O2/c15-13-16-7-10-11(17-13)18(8-9-1-2-9)12(19)14(10)3-5-20-6-4-14/h7,9H,1-6,8H2,(H2,15,16,17). The van der Waals surface area contributed by atoms with Crippen LogP contribution < -0.4 is 10.6 Å². The van der Waals surface area contributed by atoms with E-state index in [1.54, 1.807) is 6.20 Å². The Hall–Kier alpha value is -1.69. The lowest BCUT2D eigenvalue weighted by atomic mass is 9.76. The molecule has 3 aliphatic rings. The summed E-state index contributed by atoms with van der Waals surface area (Å²) in [6.07, 6.45) is 5.58. The molecule has 2 aliphatic heterocycles.